The van der Waals surface area contributed by atoms with E-state index in [0.717, 1.165) is 51.4 Å². The highest BCUT2D eigenvalue weighted by atomic mass is 31.2. The van der Waals surface area contributed by atoms with Crippen molar-refractivity contribution in [2.45, 2.75) is 167 Å². The first-order valence-corrected chi connectivity index (χ1v) is 24.9. The number of hydrogen-bond donors (Lipinski definition) is 6. The Morgan fingerprint density at radius 2 is 1.07 bits per heavy atom. The number of ether oxygens (including phenoxy) is 2. The number of aliphatic hydroxyl groups excluding tert-OH is 3. The van der Waals surface area contributed by atoms with E-state index in [-0.39, 0.29) is 25.7 Å². The number of carbonyl (C=O) groups is 2. The van der Waals surface area contributed by atoms with E-state index in [2.05, 4.69) is 53.3 Å². The summed E-state index contributed by atoms with van der Waals surface area (Å²) in [5.41, 5.74) is 0. The van der Waals surface area contributed by atoms with E-state index in [4.69, 9.17) is 23.8 Å². The molecular weight excluding hydrogens is 830 g/mol. The minimum atomic E-state index is -4.90. The minimum Gasteiger partial charge on any atom is -0.462 e. The van der Waals surface area contributed by atoms with Crippen LogP contribution in [-0.2, 0) is 41.8 Å². The Morgan fingerprint density at radius 1 is 0.541 bits per heavy atom. The fourth-order valence-corrected chi connectivity index (χ4v) is 6.51. The standard InChI is InChI=1S/C44H76O15P2/c1-3-5-7-9-11-12-13-14-15-16-17-18-19-21-27-33-43(48)55-37-42(38-58-61(53,54)57-36-41(47)35-56-60(50,51)52)59-44(49)34-28-32-40(46)31-26-23-22-25-30-39(45)29-24-20-10-8-6-4-2/h12-15,20,22-26,30-31,39-42,45-47H,3-11,16-19,21,27-29,32-38H2,1-2H3,(H,53,54)(H2,50,51,52)/b13-12-,15-14-,23-22+,24-20-,30-25+,31-26-/t39-,40-,41-,42+/m0/s1. The molecular formula is C44H76O15P2. The van der Waals surface area contributed by atoms with Gasteiger partial charge in [-0.2, -0.15) is 0 Å². The highest BCUT2D eigenvalue weighted by Gasteiger charge is 2.28. The van der Waals surface area contributed by atoms with Gasteiger partial charge in [-0.15, -0.1) is 0 Å². The summed E-state index contributed by atoms with van der Waals surface area (Å²) in [5.74, 6) is -1.30. The summed E-state index contributed by atoms with van der Waals surface area (Å²) in [6.07, 6.45) is 35.2. The van der Waals surface area contributed by atoms with Gasteiger partial charge in [-0.3, -0.25) is 23.2 Å². The molecule has 0 amide bonds. The summed E-state index contributed by atoms with van der Waals surface area (Å²) in [6, 6.07) is 0. The molecule has 1 unspecified atom stereocenters. The summed E-state index contributed by atoms with van der Waals surface area (Å²) in [7, 11) is -9.78. The summed E-state index contributed by atoms with van der Waals surface area (Å²) in [5, 5.41) is 30.1. The van der Waals surface area contributed by atoms with Crippen LogP contribution >= 0.6 is 15.6 Å². The zero-order chi connectivity index (χ0) is 45.5. The molecule has 61 heavy (non-hydrogen) atoms. The molecule has 0 aromatic rings. The molecule has 17 heteroatoms. The van der Waals surface area contributed by atoms with Gasteiger partial charge in [-0.05, 0) is 64.2 Å². The Hall–Kier alpha value is -2.52. The summed E-state index contributed by atoms with van der Waals surface area (Å²) in [4.78, 5) is 52.7. The first kappa shape index (κ1) is 58.5. The van der Waals surface area contributed by atoms with E-state index in [1.54, 1.807) is 36.5 Å². The zero-order valence-corrected chi connectivity index (χ0v) is 38.2. The molecule has 0 heterocycles. The van der Waals surface area contributed by atoms with Gasteiger partial charge in [0.25, 0.3) is 0 Å². The smallest absolute Gasteiger partial charge is 0.462 e. The van der Waals surface area contributed by atoms with Crippen LogP contribution in [0.4, 0.5) is 0 Å². The second kappa shape index (κ2) is 39.1. The average Bonchev–Trinajstić information content (AvgIpc) is 3.21. The number of aliphatic hydroxyl groups is 3. The van der Waals surface area contributed by atoms with Gasteiger partial charge in [0.2, 0.25) is 0 Å². The first-order chi connectivity index (χ1) is 29.2. The van der Waals surface area contributed by atoms with E-state index in [1.807, 2.05) is 6.08 Å². The molecule has 5 atom stereocenters. The number of hydrogen-bond acceptors (Lipinski definition) is 12. The van der Waals surface area contributed by atoms with Crippen LogP contribution in [0.15, 0.2) is 72.9 Å². The van der Waals surface area contributed by atoms with Gasteiger partial charge in [0.15, 0.2) is 6.10 Å². The van der Waals surface area contributed by atoms with Gasteiger partial charge in [0, 0.05) is 12.8 Å². The van der Waals surface area contributed by atoms with Crippen molar-refractivity contribution in [1.82, 2.24) is 0 Å². The summed E-state index contributed by atoms with van der Waals surface area (Å²) in [6.45, 7) is 1.36. The van der Waals surface area contributed by atoms with Crippen molar-refractivity contribution in [2.75, 3.05) is 26.4 Å². The average molecular weight is 907 g/mol. The van der Waals surface area contributed by atoms with E-state index in [1.165, 1.54) is 38.5 Å². The Balaban J connectivity index is 4.82. The van der Waals surface area contributed by atoms with Crippen molar-refractivity contribution in [3.63, 3.8) is 0 Å². The summed E-state index contributed by atoms with van der Waals surface area (Å²) >= 11 is 0. The van der Waals surface area contributed by atoms with E-state index >= 15 is 0 Å². The van der Waals surface area contributed by atoms with E-state index in [0.29, 0.717) is 12.8 Å². The van der Waals surface area contributed by atoms with Gasteiger partial charge in [-0.1, -0.05) is 138 Å². The lowest BCUT2D eigenvalue weighted by atomic mass is 10.1. The van der Waals surface area contributed by atoms with Gasteiger partial charge >= 0.3 is 27.6 Å². The molecule has 0 aromatic carbocycles. The third-order valence-corrected chi connectivity index (χ3v) is 10.2. The second-order valence-electron chi connectivity index (χ2n) is 14.7. The molecule has 0 spiro atoms. The van der Waals surface area contributed by atoms with Crippen LogP contribution in [0.5, 0.6) is 0 Å². The predicted molar refractivity (Wildman–Crippen MR) is 237 cm³/mol. The fourth-order valence-electron chi connectivity index (χ4n) is 5.35. The number of phosphoric acid groups is 2. The third kappa shape index (κ3) is 42.6. The molecule has 0 radical (unpaired) electrons. The number of phosphoric ester groups is 2. The van der Waals surface area contributed by atoms with Crippen LogP contribution in [0.25, 0.3) is 0 Å². The van der Waals surface area contributed by atoms with Gasteiger partial charge < -0.3 is 39.5 Å². The maximum Gasteiger partial charge on any atom is 0.472 e. The lowest BCUT2D eigenvalue weighted by Gasteiger charge is -2.20. The van der Waals surface area contributed by atoms with Crippen molar-refractivity contribution >= 4 is 27.6 Å². The van der Waals surface area contributed by atoms with Crippen molar-refractivity contribution in [3.05, 3.63) is 72.9 Å². The maximum atomic E-state index is 12.7. The van der Waals surface area contributed by atoms with E-state index in [9.17, 15) is 38.9 Å². The Labute approximate surface area is 364 Å². The first-order valence-electron chi connectivity index (χ1n) is 21.9. The normalized spacial score (nSPS) is 15.7. The Kier molecular flexibility index (Phi) is 37.5. The molecule has 15 nitrogen and oxygen atoms in total. The molecule has 0 aliphatic heterocycles. The molecule has 0 bridgehead atoms. The minimum absolute atomic E-state index is 0.121. The summed E-state index contributed by atoms with van der Waals surface area (Å²) < 4.78 is 47.5. The Morgan fingerprint density at radius 3 is 1.72 bits per heavy atom. The Bertz CT molecular complexity index is 1390. The van der Waals surface area contributed by atoms with Crippen molar-refractivity contribution in [1.29, 1.82) is 0 Å². The molecule has 6 N–H and O–H groups in total. The molecule has 352 valence electrons. The van der Waals surface area contributed by atoms with Crippen LogP contribution in [0.2, 0.25) is 0 Å². The van der Waals surface area contributed by atoms with Crippen LogP contribution in [0, 0.1) is 0 Å². The maximum absolute atomic E-state index is 12.7. The molecule has 0 rings (SSSR count). The highest BCUT2D eigenvalue weighted by Crippen LogP contribution is 2.43. The van der Waals surface area contributed by atoms with Crippen molar-refractivity contribution in [2.24, 2.45) is 0 Å². The molecule has 0 saturated heterocycles. The van der Waals surface area contributed by atoms with Crippen LogP contribution in [0.3, 0.4) is 0 Å². The molecule has 0 aromatic heterocycles. The third-order valence-electron chi connectivity index (χ3n) is 8.78. The SMILES string of the molecule is CCCCC/C=C\C[C@H](O)/C=C/C=C/C=C\[C@H](O)CCCC(=O)O[C@H](COC(=O)CCCCCCC/C=C\C=C/CCCCCC)COP(=O)(O)OC[C@@H](O)COP(=O)(O)O. The van der Waals surface area contributed by atoms with Crippen molar-refractivity contribution < 1.29 is 71.8 Å². The topological polar surface area (TPSA) is 236 Å². The largest absolute Gasteiger partial charge is 0.472 e. The van der Waals surface area contributed by atoms with Crippen molar-refractivity contribution in [3.8, 4) is 0 Å². The van der Waals surface area contributed by atoms with Gasteiger partial charge in [0.1, 0.15) is 12.7 Å². The number of rotatable bonds is 40. The van der Waals surface area contributed by atoms with Crippen LogP contribution in [0.1, 0.15) is 142 Å². The van der Waals surface area contributed by atoms with Gasteiger partial charge in [0.05, 0.1) is 32.0 Å². The van der Waals surface area contributed by atoms with Crippen LogP contribution < -0.4 is 0 Å². The number of allylic oxidation sites excluding steroid dienone is 9. The monoisotopic (exact) mass is 906 g/mol. The van der Waals surface area contributed by atoms with Crippen LogP contribution in [-0.4, -0.2) is 92.8 Å². The fraction of sp³-hybridized carbons (Fsp3) is 0.682. The number of unbranched alkanes of at least 4 members (excludes halogenated alkanes) is 12. The van der Waals surface area contributed by atoms with Gasteiger partial charge in [-0.25, -0.2) is 9.13 Å². The second-order valence-corrected chi connectivity index (χ2v) is 17.4. The van der Waals surface area contributed by atoms with E-state index < -0.39 is 78.4 Å². The lowest BCUT2D eigenvalue weighted by molar-refractivity contribution is -0.161. The molecule has 0 fully saturated rings. The zero-order valence-electron chi connectivity index (χ0n) is 36.5. The highest BCUT2D eigenvalue weighted by molar-refractivity contribution is 7.47. The molecule has 0 aliphatic rings. The lowest BCUT2D eigenvalue weighted by Crippen LogP contribution is -2.30. The molecule has 0 saturated carbocycles. The quantitative estimate of drug-likeness (QED) is 0.0111. The molecule has 0 aliphatic carbocycles. The number of carbonyl (C=O) groups excluding carboxylic acids is 2. The number of esters is 2. The predicted octanol–water partition coefficient (Wildman–Crippen LogP) is 8.95.